The molecule has 0 aliphatic heterocycles. The number of carbonyl (C=O) groups excluding carboxylic acids is 1. The Labute approximate surface area is 144 Å². The molecule has 0 atom stereocenters. The fourth-order valence-corrected chi connectivity index (χ4v) is 2.63. The lowest BCUT2D eigenvalue weighted by Crippen LogP contribution is -2.41. The largest absolute Gasteiger partial charge is 0.341 e. The minimum absolute atomic E-state index is 0.279. The van der Waals surface area contributed by atoms with Crippen LogP contribution in [0.1, 0.15) is 29.9 Å². The second-order valence-corrected chi connectivity index (χ2v) is 6.65. The van der Waals surface area contributed by atoms with E-state index in [0.717, 1.165) is 0 Å². The first-order valence-electron chi connectivity index (χ1n) is 6.62. The SMILES string of the molecule is CC(C)(NC(=O)c1cc(Cl)cc(Cl)c1)c1cn(CCS)nn1. The predicted octanol–water partition coefficient (Wildman–Crippen LogP) is 3.18. The van der Waals surface area contributed by atoms with Gasteiger partial charge in [0.25, 0.3) is 5.91 Å². The third-order valence-corrected chi connectivity index (χ3v) is 3.70. The standard InChI is InChI=1S/C14H16Cl2N4OS/c1-14(2,12-8-20(3-4-22)19-18-12)17-13(21)9-5-10(15)7-11(16)6-9/h5-8,22H,3-4H2,1-2H3,(H,17,21). The molecule has 2 rings (SSSR count). The molecule has 5 nitrogen and oxygen atoms in total. The summed E-state index contributed by atoms with van der Waals surface area (Å²) in [6, 6.07) is 4.71. The minimum atomic E-state index is -0.680. The molecule has 8 heteroatoms. The molecule has 118 valence electrons. The van der Waals surface area contributed by atoms with Crippen LogP contribution in [-0.2, 0) is 12.1 Å². The number of aryl methyl sites for hydroxylation is 1. The smallest absolute Gasteiger partial charge is 0.252 e. The van der Waals surface area contributed by atoms with Gasteiger partial charge in [-0.1, -0.05) is 28.4 Å². The van der Waals surface area contributed by atoms with E-state index in [2.05, 4.69) is 28.3 Å². The molecule has 0 aliphatic carbocycles. The topological polar surface area (TPSA) is 59.8 Å². The number of hydrogen-bond donors (Lipinski definition) is 2. The molecule has 0 fully saturated rings. The van der Waals surface area contributed by atoms with E-state index in [1.807, 2.05) is 13.8 Å². The molecular weight excluding hydrogens is 343 g/mol. The van der Waals surface area contributed by atoms with Gasteiger partial charge >= 0.3 is 0 Å². The first-order valence-corrected chi connectivity index (χ1v) is 8.01. The average Bonchev–Trinajstić information content (AvgIpc) is 2.87. The van der Waals surface area contributed by atoms with Crippen LogP contribution in [0.5, 0.6) is 0 Å². The summed E-state index contributed by atoms with van der Waals surface area (Å²) in [6.45, 7) is 4.36. The highest BCUT2D eigenvalue weighted by Crippen LogP contribution is 2.22. The normalized spacial score (nSPS) is 11.5. The average molecular weight is 359 g/mol. The molecule has 2 aromatic rings. The van der Waals surface area contributed by atoms with E-state index in [1.165, 1.54) is 0 Å². The maximum atomic E-state index is 12.4. The Morgan fingerprint density at radius 2 is 1.95 bits per heavy atom. The van der Waals surface area contributed by atoms with Gasteiger partial charge in [0.15, 0.2) is 0 Å². The van der Waals surface area contributed by atoms with Crippen LogP contribution in [0, 0.1) is 0 Å². The van der Waals surface area contributed by atoms with E-state index in [1.54, 1.807) is 29.1 Å². The highest BCUT2D eigenvalue weighted by Gasteiger charge is 2.27. The van der Waals surface area contributed by atoms with Crippen LogP contribution in [0.4, 0.5) is 0 Å². The molecule has 0 bridgehead atoms. The van der Waals surface area contributed by atoms with Gasteiger partial charge in [-0.05, 0) is 32.0 Å². The number of nitrogens with zero attached hydrogens (tertiary/aromatic N) is 3. The third-order valence-electron chi connectivity index (χ3n) is 3.06. The molecule has 1 amide bonds. The van der Waals surface area contributed by atoms with E-state index in [-0.39, 0.29) is 5.91 Å². The summed E-state index contributed by atoms with van der Waals surface area (Å²) in [4.78, 5) is 12.4. The van der Waals surface area contributed by atoms with Crippen molar-refractivity contribution in [1.29, 1.82) is 0 Å². The molecule has 22 heavy (non-hydrogen) atoms. The number of halogens is 2. The quantitative estimate of drug-likeness (QED) is 0.807. The molecule has 1 aromatic heterocycles. The van der Waals surface area contributed by atoms with Crippen molar-refractivity contribution in [3.63, 3.8) is 0 Å². The second-order valence-electron chi connectivity index (χ2n) is 5.33. The molecule has 0 spiro atoms. The Morgan fingerprint density at radius 1 is 1.32 bits per heavy atom. The van der Waals surface area contributed by atoms with Crippen molar-refractivity contribution >= 4 is 41.7 Å². The number of rotatable bonds is 5. The number of amides is 1. The number of nitrogens with one attached hydrogen (secondary N) is 1. The van der Waals surface area contributed by atoms with Crippen molar-refractivity contribution in [2.75, 3.05) is 5.75 Å². The van der Waals surface area contributed by atoms with Crippen LogP contribution >= 0.6 is 35.8 Å². The van der Waals surface area contributed by atoms with E-state index >= 15 is 0 Å². The Bertz CT molecular complexity index is 667. The Balaban J connectivity index is 2.17. The highest BCUT2D eigenvalue weighted by molar-refractivity contribution is 7.80. The van der Waals surface area contributed by atoms with Crippen molar-refractivity contribution in [1.82, 2.24) is 20.3 Å². The van der Waals surface area contributed by atoms with Gasteiger partial charge in [-0.3, -0.25) is 9.48 Å². The third kappa shape index (κ3) is 4.15. The lowest BCUT2D eigenvalue weighted by atomic mass is 10.0. The molecule has 0 radical (unpaired) electrons. The van der Waals surface area contributed by atoms with Crippen LogP contribution in [0.2, 0.25) is 10.0 Å². The summed E-state index contributed by atoms with van der Waals surface area (Å²) in [7, 11) is 0. The van der Waals surface area contributed by atoms with E-state index < -0.39 is 5.54 Å². The van der Waals surface area contributed by atoms with Gasteiger partial charge in [0, 0.05) is 21.4 Å². The summed E-state index contributed by atoms with van der Waals surface area (Å²) < 4.78 is 1.69. The van der Waals surface area contributed by atoms with Crippen LogP contribution < -0.4 is 5.32 Å². The van der Waals surface area contributed by atoms with Crippen LogP contribution in [-0.4, -0.2) is 26.7 Å². The van der Waals surface area contributed by atoms with Crippen molar-refractivity contribution in [2.45, 2.75) is 25.9 Å². The number of thiol groups is 1. The maximum Gasteiger partial charge on any atom is 0.252 e. The van der Waals surface area contributed by atoms with Gasteiger partial charge < -0.3 is 5.32 Å². The highest BCUT2D eigenvalue weighted by atomic mass is 35.5. The number of hydrogen-bond acceptors (Lipinski definition) is 4. The second kappa shape index (κ2) is 6.89. The predicted molar refractivity (Wildman–Crippen MR) is 90.8 cm³/mol. The van der Waals surface area contributed by atoms with Gasteiger partial charge in [-0.25, -0.2) is 0 Å². The zero-order chi connectivity index (χ0) is 16.3. The molecule has 0 saturated carbocycles. The molecular formula is C14H16Cl2N4OS. The number of carbonyl (C=O) groups is 1. The summed E-state index contributed by atoms with van der Waals surface area (Å²) in [6.07, 6.45) is 1.79. The van der Waals surface area contributed by atoms with Crippen LogP contribution in [0.25, 0.3) is 0 Å². The Kier molecular flexibility index (Phi) is 5.36. The maximum absolute atomic E-state index is 12.4. The lowest BCUT2D eigenvalue weighted by molar-refractivity contribution is 0.0910. The van der Waals surface area contributed by atoms with Gasteiger partial charge in [0.05, 0.1) is 18.3 Å². The van der Waals surface area contributed by atoms with Gasteiger partial charge in [-0.15, -0.1) is 5.10 Å². The first-order chi connectivity index (χ1) is 10.3. The molecule has 0 aliphatic rings. The van der Waals surface area contributed by atoms with E-state index in [9.17, 15) is 4.79 Å². The van der Waals surface area contributed by atoms with Crippen LogP contribution in [0.15, 0.2) is 24.4 Å². The summed E-state index contributed by atoms with van der Waals surface area (Å²) in [5.41, 5.74) is 0.380. The Morgan fingerprint density at radius 3 is 2.55 bits per heavy atom. The number of aromatic nitrogens is 3. The summed E-state index contributed by atoms with van der Waals surface area (Å²) in [5, 5.41) is 11.8. The van der Waals surface area contributed by atoms with Crippen molar-refractivity contribution in [3.05, 3.63) is 45.7 Å². The molecule has 1 N–H and O–H groups in total. The van der Waals surface area contributed by atoms with E-state index in [4.69, 9.17) is 23.2 Å². The monoisotopic (exact) mass is 358 g/mol. The van der Waals surface area contributed by atoms with Gasteiger partial charge in [0.1, 0.15) is 5.69 Å². The molecule has 0 unspecified atom stereocenters. The van der Waals surface area contributed by atoms with Gasteiger partial charge in [-0.2, -0.15) is 12.6 Å². The number of benzene rings is 1. The molecule has 0 saturated heterocycles. The van der Waals surface area contributed by atoms with Gasteiger partial charge in [0.2, 0.25) is 0 Å². The fourth-order valence-electron chi connectivity index (χ4n) is 1.90. The minimum Gasteiger partial charge on any atom is -0.341 e. The summed E-state index contributed by atoms with van der Waals surface area (Å²) >= 11 is 16.0. The zero-order valence-corrected chi connectivity index (χ0v) is 14.6. The van der Waals surface area contributed by atoms with E-state index in [0.29, 0.717) is 33.6 Å². The van der Waals surface area contributed by atoms with Crippen molar-refractivity contribution in [3.8, 4) is 0 Å². The van der Waals surface area contributed by atoms with Crippen molar-refractivity contribution < 1.29 is 4.79 Å². The lowest BCUT2D eigenvalue weighted by Gasteiger charge is -2.23. The van der Waals surface area contributed by atoms with Crippen LogP contribution in [0.3, 0.4) is 0 Å². The fraction of sp³-hybridized carbons (Fsp3) is 0.357. The first kappa shape index (κ1) is 17.1. The zero-order valence-electron chi connectivity index (χ0n) is 12.2. The van der Waals surface area contributed by atoms with Crippen molar-refractivity contribution in [2.24, 2.45) is 0 Å². The Hall–Kier alpha value is -1.24. The summed E-state index contributed by atoms with van der Waals surface area (Å²) in [5.74, 6) is 0.384. The molecule has 1 aromatic carbocycles. The molecule has 1 heterocycles.